The second kappa shape index (κ2) is 9.28. The number of carbonyl (C=O) groups excluding carboxylic acids is 2. The molecule has 3 heterocycles. The number of aromatic nitrogens is 3. The first-order valence-electron chi connectivity index (χ1n) is 10.7. The van der Waals surface area contributed by atoms with Crippen LogP contribution in [0.25, 0.3) is 0 Å². The third-order valence-electron chi connectivity index (χ3n) is 6.01. The predicted molar refractivity (Wildman–Crippen MR) is 111 cm³/mol. The molecule has 0 atom stereocenters. The van der Waals surface area contributed by atoms with Gasteiger partial charge in [0.1, 0.15) is 5.75 Å². The highest BCUT2D eigenvalue weighted by molar-refractivity contribution is 5.77. The molecule has 8 heteroatoms. The number of fused-ring (bicyclic) bond motifs is 1. The van der Waals surface area contributed by atoms with Gasteiger partial charge in [-0.1, -0.05) is 17.3 Å². The number of carbonyl (C=O) groups is 2. The summed E-state index contributed by atoms with van der Waals surface area (Å²) in [6, 6.07) is 7.83. The van der Waals surface area contributed by atoms with E-state index in [0.29, 0.717) is 45.3 Å². The third kappa shape index (κ3) is 4.63. The van der Waals surface area contributed by atoms with E-state index in [2.05, 4.69) is 10.3 Å². The van der Waals surface area contributed by atoms with Gasteiger partial charge in [-0.05, 0) is 37.0 Å². The van der Waals surface area contributed by atoms with Crippen LogP contribution >= 0.6 is 0 Å². The molecule has 1 aromatic heterocycles. The zero-order valence-electron chi connectivity index (χ0n) is 17.5. The van der Waals surface area contributed by atoms with Crippen molar-refractivity contribution in [1.82, 2.24) is 24.8 Å². The summed E-state index contributed by atoms with van der Waals surface area (Å²) in [5.74, 6) is 1.15. The van der Waals surface area contributed by atoms with Crippen LogP contribution in [0, 0.1) is 0 Å². The molecule has 1 saturated heterocycles. The summed E-state index contributed by atoms with van der Waals surface area (Å²) in [5.41, 5.74) is 2.93. The zero-order valence-corrected chi connectivity index (χ0v) is 17.5. The fourth-order valence-electron chi connectivity index (χ4n) is 4.16. The number of amides is 2. The Bertz CT molecular complexity index is 887. The fourth-order valence-corrected chi connectivity index (χ4v) is 4.16. The molecule has 0 radical (unpaired) electrons. The molecule has 8 nitrogen and oxygen atoms in total. The maximum atomic E-state index is 12.8. The molecule has 0 aliphatic carbocycles. The van der Waals surface area contributed by atoms with E-state index in [0.717, 1.165) is 48.6 Å². The summed E-state index contributed by atoms with van der Waals surface area (Å²) < 4.78 is 7.06. The van der Waals surface area contributed by atoms with Crippen molar-refractivity contribution in [1.29, 1.82) is 0 Å². The van der Waals surface area contributed by atoms with E-state index in [1.165, 1.54) is 0 Å². The van der Waals surface area contributed by atoms with E-state index >= 15 is 0 Å². The Balaban J connectivity index is 1.31. The van der Waals surface area contributed by atoms with Crippen LogP contribution in [0.15, 0.2) is 24.3 Å². The number of methoxy groups -OCH3 is 1. The minimum absolute atomic E-state index is 0.136. The molecule has 0 spiro atoms. The largest absolute Gasteiger partial charge is 0.497 e. The Morgan fingerprint density at radius 1 is 0.933 bits per heavy atom. The van der Waals surface area contributed by atoms with Gasteiger partial charge in [-0.3, -0.25) is 9.59 Å². The quantitative estimate of drug-likeness (QED) is 0.694. The van der Waals surface area contributed by atoms with Crippen LogP contribution in [0.2, 0.25) is 0 Å². The van der Waals surface area contributed by atoms with Crippen LogP contribution in [-0.2, 0) is 35.5 Å². The first-order valence-corrected chi connectivity index (χ1v) is 10.7. The second-order valence-corrected chi connectivity index (χ2v) is 7.96. The Morgan fingerprint density at radius 3 is 2.37 bits per heavy atom. The topological polar surface area (TPSA) is 80.6 Å². The number of aryl methyl sites for hydroxylation is 2. The van der Waals surface area contributed by atoms with Crippen molar-refractivity contribution in [3.63, 3.8) is 0 Å². The minimum Gasteiger partial charge on any atom is -0.497 e. The molecule has 4 rings (SSSR count). The molecule has 2 aliphatic rings. The van der Waals surface area contributed by atoms with E-state index in [4.69, 9.17) is 4.74 Å². The first-order chi connectivity index (χ1) is 14.6. The van der Waals surface area contributed by atoms with Gasteiger partial charge < -0.3 is 14.5 Å². The van der Waals surface area contributed by atoms with Crippen LogP contribution in [0.5, 0.6) is 5.75 Å². The van der Waals surface area contributed by atoms with Crippen molar-refractivity contribution in [3.05, 3.63) is 41.2 Å². The number of nitrogens with zero attached hydrogens (tertiary/aromatic N) is 5. The molecule has 2 aromatic rings. The van der Waals surface area contributed by atoms with Crippen molar-refractivity contribution >= 4 is 11.8 Å². The molecule has 0 unspecified atom stereocenters. The van der Waals surface area contributed by atoms with E-state index in [-0.39, 0.29) is 11.8 Å². The second-order valence-electron chi connectivity index (χ2n) is 7.96. The zero-order chi connectivity index (χ0) is 20.9. The Kier molecular flexibility index (Phi) is 6.30. The SMILES string of the molecule is COc1ccc(CCC(=O)N2CCn3nnc(CCC(=O)N4CCCC4)c3C2)cc1. The van der Waals surface area contributed by atoms with Gasteiger partial charge in [0, 0.05) is 38.9 Å². The lowest BCUT2D eigenvalue weighted by Gasteiger charge is -2.28. The molecule has 0 bridgehead atoms. The van der Waals surface area contributed by atoms with Crippen molar-refractivity contribution in [2.24, 2.45) is 0 Å². The highest BCUT2D eigenvalue weighted by Gasteiger charge is 2.25. The summed E-state index contributed by atoms with van der Waals surface area (Å²) in [4.78, 5) is 28.9. The number of hydrogen-bond donors (Lipinski definition) is 0. The monoisotopic (exact) mass is 411 g/mol. The van der Waals surface area contributed by atoms with Gasteiger partial charge in [-0.2, -0.15) is 0 Å². The first kappa shape index (κ1) is 20.4. The average Bonchev–Trinajstić information content (AvgIpc) is 3.46. The fraction of sp³-hybridized carbons (Fsp3) is 0.545. The highest BCUT2D eigenvalue weighted by Crippen LogP contribution is 2.19. The summed E-state index contributed by atoms with van der Waals surface area (Å²) >= 11 is 0. The number of hydrogen-bond acceptors (Lipinski definition) is 5. The van der Waals surface area contributed by atoms with Crippen LogP contribution in [-0.4, -0.2) is 63.4 Å². The van der Waals surface area contributed by atoms with Crippen molar-refractivity contribution in [2.75, 3.05) is 26.7 Å². The van der Waals surface area contributed by atoms with Crippen LogP contribution in [0.3, 0.4) is 0 Å². The molecule has 160 valence electrons. The normalized spacial score (nSPS) is 15.9. The van der Waals surface area contributed by atoms with Gasteiger partial charge in [0.05, 0.1) is 31.6 Å². The molecule has 1 fully saturated rings. The Morgan fingerprint density at radius 2 is 1.63 bits per heavy atom. The molecular weight excluding hydrogens is 382 g/mol. The molecule has 30 heavy (non-hydrogen) atoms. The summed E-state index contributed by atoms with van der Waals surface area (Å²) in [7, 11) is 1.64. The van der Waals surface area contributed by atoms with Crippen molar-refractivity contribution in [3.8, 4) is 5.75 Å². The van der Waals surface area contributed by atoms with Gasteiger partial charge in [0.15, 0.2) is 0 Å². The van der Waals surface area contributed by atoms with Gasteiger partial charge in [-0.15, -0.1) is 5.10 Å². The van der Waals surface area contributed by atoms with Crippen molar-refractivity contribution < 1.29 is 14.3 Å². The number of benzene rings is 1. The van der Waals surface area contributed by atoms with Crippen molar-refractivity contribution in [2.45, 2.75) is 51.6 Å². The highest BCUT2D eigenvalue weighted by atomic mass is 16.5. The van der Waals surface area contributed by atoms with E-state index in [1.807, 2.05) is 38.7 Å². The third-order valence-corrected chi connectivity index (χ3v) is 6.01. The molecule has 1 aromatic carbocycles. The predicted octanol–water partition coefficient (Wildman–Crippen LogP) is 1.82. The van der Waals surface area contributed by atoms with E-state index in [9.17, 15) is 9.59 Å². The van der Waals surface area contributed by atoms with E-state index < -0.39 is 0 Å². The number of ether oxygens (including phenoxy) is 1. The summed E-state index contributed by atoms with van der Waals surface area (Å²) in [6.07, 6.45) is 4.40. The van der Waals surface area contributed by atoms with Crippen LogP contribution in [0.4, 0.5) is 0 Å². The lowest BCUT2D eigenvalue weighted by molar-refractivity contribution is -0.133. The molecular formula is C22H29N5O3. The lowest BCUT2D eigenvalue weighted by Crippen LogP contribution is -2.39. The molecule has 2 aliphatic heterocycles. The Labute approximate surface area is 176 Å². The van der Waals surface area contributed by atoms with Gasteiger partial charge >= 0.3 is 0 Å². The molecule has 0 saturated carbocycles. The number of likely N-dealkylation sites (tertiary alicyclic amines) is 1. The standard InChI is InChI=1S/C22H29N5O3/c1-30-18-7-4-17(5-8-18)6-10-22(29)26-14-15-27-20(16-26)19(23-24-27)9-11-21(28)25-12-2-3-13-25/h4-5,7-8H,2-3,6,9-16H2,1H3. The van der Waals surface area contributed by atoms with Gasteiger partial charge in [-0.25, -0.2) is 4.68 Å². The summed E-state index contributed by atoms with van der Waals surface area (Å²) in [5, 5.41) is 8.52. The summed E-state index contributed by atoms with van der Waals surface area (Å²) in [6.45, 7) is 3.55. The molecule has 2 amide bonds. The smallest absolute Gasteiger partial charge is 0.223 e. The average molecular weight is 412 g/mol. The maximum absolute atomic E-state index is 12.8. The number of rotatable bonds is 7. The molecule has 0 N–H and O–H groups in total. The van der Waals surface area contributed by atoms with Crippen LogP contribution in [0.1, 0.15) is 42.6 Å². The maximum Gasteiger partial charge on any atom is 0.223 e. The Hall–Kier alpha value is -2.90. The van der Waals surface area contributed by atoms with Crippen LogP contribution < -0.4 is 4.74 Å². The minimum atomic E-state index is 0.136. The van der Waals surface area contributed by atoms with E-state index in [1.54, 1.807) is 7.11 Å². The van der Waals surface area contributed by atoms with Gasteiger partial charge in [0.2, 0.25) is 11.8 Å². The van der Waals surface area contributed by atoms with Gasteiger partial charge in [0.25, 0.3) is 0 Å². The lowest BCUT2D eigenvalue weighted by atomic mass is 10.1.